The molecule has 0 amide bonds. The number of aliphatic hydroxyl groups is 1. The Hall–Kier alpha value is -2.36. The number of nitrogens with zero attached hydrogens (tertiary/aromatic N) is 2. The largest absolute Gasteiger partial charge is 0.390 e. The fraction of sp³-hybridized carbons (Fsp3) is 0.500. The summed E-state index contributed by atoms with van der Waals surface area (Å²) in [4.78, 5) is 0. The zero-order chi connectivity index (χ0) is 26.6. The third-order valence-electron chi connectivity index (χ3n) is 7.31. The van der Waals surface area contributed by atoms with Crippen molar-refractivity contribution < 1.29 is 13.9 Å². The summed E-state index contributed by atoms with van der Waals surface area (Å²) in [5.41, 5.74) is 2.75. The van der Waals surface area contributed by atoms with Crippen molar-refractivity contribution in [2.24, 2.45) is 0 Å². The van der Waals surface area contributed by atoms with Crippen LogP contribution in [0.1, 0.15) is 69.6 Å². The van der Waals surface area contributed by atoms with E-state index in [1.807, 2.05) is 0 Å². The van der Waals surface area contributed by atoms with Crippen molar-refractivity contribution in [1.29, 1.82) is 0 Å². The quantitative estimate of drug-likeness (QED) is 0.252. The summed E-state index contributed by atoms with van der Waals surface area (Å²) >= 11 is 3.33. The Bertz CT molecular complexity index is 1170. The molecule has 2 atom stereocenters. The molecular formula is C28H36BrF2N5O. The molecule has 1 heterocycles. The number of H-pyrrole nitrogens is 1. The molecule has 0 radical (unpaired) electrons. The highest BCUT2D eigenvalue weighted by atomic mass is 79.9. The Morgan fingerprint density at radius 3 is 2.38 bits per heavy atom. The third kappa shape index (κ3) is 6.94. The number of rotatable bonds is 9. The predicted molar refractivity (Wildman–Crippen MR) is 145 cm³/mol. The van der Waals surface area contributed by atoms with E-state index in [2.05, 4.69) is 87.0 Å². The highest BCUT2D eigenvalue weighted by molar-refractivity contribution is 9.10. The normalized spacial score (nSPS) is 17.4. The second-order valence-electron chi connectivity index (χ2n) is 11.1. The third-order valence-corrected chi connectivity index (χ3v) is 7.86. The zero-order valence-electron chi connectivity index (χ0n) is 21.6. The van der Waals surface area contributed by atoms with Crippen molar-refractivity contribution in [3.05, 3.63) is 75.4 Å². The van der Waals surface area contributed by atoms with Crippen molar-refractivity contribution in [2.75, 3.05) is 11.9 Å². The van der Waals surface area contributed by atoms with Crippen LogP contribution in [0.5, 0.6) is 0 Å². The molecule has 1 aliphatic carbocycles. The summed E-state index contributed by atoms with van der Waals surface area (Å²) in [6, 6.07) is 11.6. The molecule has 4 rings (SSSR count). The van der Waals surface area contributed by atoms with Crippen LogP contribution in [0.3, 0.4) is 0 Å². The lowest BCUT2D eigenvalue weighted by molar-refractivity contribution is 0.122. The second kappa shape index (κ2) is 11.6. The first-order chi connectivity index (χ1) is 17.6. The minimum Gasteiger partial charge on any atom is -0.390 e. The second-order valence-corrected chi connectivity index (χ2v) is 11.9. The van der Waals surface area contributed by atoms with Crippen LogP contribution in [0.4, 0.5) is 14.6 Å². The monoisotopic (exact) mass is 575 g/mol. The molecule has 0 spiro atoms. The summed E-state index contributed by atoms with van der Waals surface area (Å²) in [6.45, 7) is 6.93. The van der Waals surface area contributed by atoms with Gasteiger partial charge in [-0.3, -0.25) is 0 Å². The first-order valence-corrected chi connectivity index (χ1v) is 13.7. The van der Waals surface area contributed by atoms with Gasteiger partial charge in [0.25, 0.3) is 0 Å². The van der Waals surface area contributed by atoms with Gasteiger partial charge in [-0.05, 0) is 69.4 Å². The molecule has 2 unspecified atom stereocenters. The molecule has 0 aliphatic heterocycles. The van der Waals surface area contributed by atoms with Gasteiger partial charge < -0.3 is 15.7 Å². The van der Waals surface area contributed by atoms with E-state index >= 15 is 0 Å². The Morgan fingerprint density at radius 2 is 1.76 bits per heavy atom. The van der Waals surface area contributed by atoms with E-state index in [4.69, 9.17) is 0 Å². The van der Waals surface area contributed by atoms with Gasteiger partial charge in [-0.2, -0.15) is 5.21 Å². The molecule has 200 valence electrons. The Morgan fingerprint density at radius 1 is 1.05 bits per heavy atom. The average molecular weight is 577 g/mol. The van der Waals surface area contributed by atoms with Crippen molar-refractivity contribution >= 4 is 21.7 Å². The maximum atomic E-state index is 13.9. The van der Waals surface area contributed by atoms with Crippen LogP contribution in [0.2, 0.25) is 0 Å². The Kier molecular flexibility index (Phi) is 8.66. The van der Waals surface area contributed by atoms with E-state index < -0.39 is 23.8 Å². The van der Waals surface area contributed by atoms with Gasteiger partial charge in [0.05, 0.1) is 12.1 Å². The van der Waals surface area contributed by atoms with E-state index in [0.29, 0.717) is 22.5 Å². The van der Waals surface area contributed by atoms with Crippen LogP contribution < -0.4 is 10.6 Å². The number of aromatic amines is 1. The van der Waals surface area contributed by atoms with E-state index in [0.717, 1.165) is 31.7 Å². The average Bonchev–Trinajstić information content (AvgIpc) is 3.26. The van der Waals surface area contributed by atoms with E-state index in [1.54, 1.807) is 0 Å². The van der Waals surface area contributed by atoms with E-state index in [1.165, 1.54) is 29.7 Å². The van der Waals surface area contributed by atoms with Crippen LogP contribution in [-0.2, 0) is 17.4 Å². The first kappa shape index (κ1) is 27.7. The van der Waals surface area contributed by atoms with Gasteiger partial charge in [0, 0.05) is 18.2 Å². The molecule has 0 bridgehead atoms. The summed E-state index contributed by atoms with van der Waals surface area (Å²) in [6.07, 6.45) is 4.70. The summed E-state index contributed by atoms with van der Waals surface area (Å²) in [5.74, 6) is -0.876. The molecule has 0 saturated heterocycles. The highest BCUT2D eigenvalue weighted by Gasteiger charge is 2.35. The van der Waals surface area contributed by atoms with Gasteiger partial charge in [0.2, 0.25) is 0 Å². The van der Waals surface area contributed by atoms with Crippen molar-refractivity contribution in [1.82, 2.24) is 20.7 Å². The van der Waals surface area contributed by atoms with Gasteiger partial charge in [0.15, 0.2) is 10.4 Å². The molecule has 9 heteroatoms. The van der Waals surface area contributed by atoms with E-state index in [9.17, 15) is 13.9 Å². The van der Waals surface area contributed by atoms with Gasteiger partial charge in [0.1, 0.15) is 11.6 Å². The SMILES string of the molecule is CC(C)(C)c1cccc(C2(NCC(O)C(Cc3cc(F)cc(F)c3)Nc3n[nH]nc3Br)CCCCC2)c1. The summed E-state index contributed by atoms with van der Waals surface area (Å²) in [5, 5.41) is 28.9. The van der Waals surface area contributed by atoms with Crippen molar-refractivity contribution in [3.63, 3.8) is 0 Å². The van der Waals surface area contributed by atoms with Gasteiger partial charge in [-0.15, -0.1) is 10.2 Å². The van der Waals surface area contributed by atoms with Crippen LogP contribution >= 0.6 is 15.9 Å². The lowest BCUT2D eigenvalue weighted by Crippen LogP contribution is -2.51. The van der Waals surface area contributed by atoms with Gasteiger partial charge >= 0.3 is 0 Å². The van der Waals surface area contributed by atoms with Crippen molar-refractivity contribution in [2.45, 2.75) is 82.4 Å². The minimum absolute atomic E-state index is 0.0333. The molecule has 2 aromatic carbocycles. The summed E-state index contributed by atoms with van der Waals surface area (Å²) in [7, 11) is 0. The van der Waals surface area contributed by atoms with Gasteiger partial charge in [-0.25, -0.2) is 8.78 Å². The number of anilines is 1. The van der Waals surface area contributed by atoms with E-state index in [-0.39, 0.29) is 17.4 Å². The number of halogens is 3. The van der Waals surface area contributed by atoms with Crippen molar-refractivity contribution in [3.8, 4) is 0 Å². The Labute approximate surface area is 225 Å². The smallest absolute Gasteiger partial charge is 0.183 e. The number of aromatic nitrogens is 3. The number of hydrogen-bond acceptors (Lipinski definition) is 5. The van der Waals surface area contributed by atoms with Crippen LogP contribution in [-0.4, -0.2) is 39.2 Å². The summed E-state index contributed by atoms with van der Waals surface area (Å²) < 4.78 is 28.3. The number of nitrogens with one attached hydrogen (secondary N) is 3. The topological polar surface area (TPSA) is 85.9 Å². The molecule has 6 nitrogen and oxygen atoms in total. The fourth-order valence-corrected chi connectivity index (χ4v) is 5.48. The minimum atomic E-state index is -0.875. The highest BCUT2D eigenvalue weighted by Crippen LogP contribution is 2.38. The van der Waals surface area contributed by atoms with Gasteiger partial charge in [-0.1, -0.05) is 64.3 Å². The molecule has 1 fully saturated rings. The molecule has 4 N–H and O–H groups in total. The maximum Gasteiger partial charge on any atom is 0.183 e. The lowest BCUT2D eigenvalue weighted by Gasteiger charge is -2.41. The molecule has 1 aliphatic rings. The number of hydrogen-bond donors (Lipinski definition) is 4. The first-order valence-electron chi connectivity index (χ1n) is 12.9. The van der Waals surface area contributed by atoms with Crippen LogP contribution in [0.15, 0.2) is 47.1 Å². The predicted octanol–water partition coefficient (Wildman–Crippen LogP) is 5.98. The fourth-order valence-electron chi connectivity index (χ4n) is 5.20. The Balaban J connectivity index is 1.57. The number of aliphatic hydroxyl groups excluding tert-OH is 1. The molecule has 3 aromatic rings. The zero-order valence-corrected chi connectivity index (χ0v) is 23.2. The molecular weight excluding hydrogens is 540 g/mol. The molecule has 1 saturated carbocycles. The molecule has 1 aromatic heterocycles. The standard InChI is InChI=1S/C28H36BrF2N5O/c1-27(2,3)19-8-7-9-20(15-19)28(10-5-4-6-11-28)32-17-24(37)23(33-26-25(29)34-36-35-26)14-18-12-21(30)16-22(31)13-18/h7-9,12-13,15-16,23-24,32,37H,4-6,10-11,14,17H2,1-3H3,(H2,33,34,35,36). The number of benzene rings is 2. The maximum absolute atomic E-state index is 13.9. The van der Waals surface area contributed by atoms with Crippen LogP contribution in [0.25, 0.3) is 0 Å². The molecule has 37 heavy (non-hydrogen) atoms. The lowest BCUT2D eigenvalue weighted by atomic mass is 9.74. The van der Waals surface area contributed by atoms with Crippen LogP contribution in [0, 0.1) is 11.6 Å².